The maximum atomic E-state index is 12.2. The van der Waals surface area contributed by atoms with Crippen LogP contribution in [-0.2, 0) is 16.1 Å². The number of nitriles is 1. The smallest absolute Gasteiger partial charge is 0.247 e. The lowest BCUT2D eigenvalue weighted by Gasteiger charge is -2.36. The highest BCUT2D eigenvalue weighted by Crippen LogP contribution is 2.29. The van der Waals surface area contributed by atoms with Crippen LogP contribution in [0.15, 0.2) is 24.3 Å². The van der Waals surface area contributed by atoms with Gasteiger partial charge in [0.1, 0.15) is 0 Å². The van der Waals surface area contributed by atoms with Crippen LogP contribution < -0.4 is 0 Å². The first-order valence-electron chi connectivity index (χ1n) is 5.88. The summed E-state index contributed by atoms with van der Waals surface area (Å²) in [7, 11) is 1.73. The van der Waals surface area contributed by atoms with Crippen molar-refractivity contribution in [2.45, 2.75) is 13.5 Å². The number of carbonyl (C=O) groups is 1. The molecule has 1 aliphatic rings. The van der Waals surface area contributed by atoms with Crippen LogP contribution in [0.2, 0.25) is 0 Å². The Morgan fingerprint density at radius 3 is 2.67 bits per heavy atom. The number of nitrogens with zero attached hydrogens (tertiary/aromatic N) is 2. The topological polar surface area (TPSA) is 53.3 Å². The number of hydrogen-bond donors (Lipinski definition) is 0. The van der Waals surface area contributed by atoms with E-state index >= 15 is 0 Å². The fraction of sp³-hybridized carbons (Fsp3) is 0.429. The van der Waals surface area contributed by atoms with Crippen LogP contribution in [0.5, 0.6) is 0 Å². The van der Waals surface area contributed by atoms with Crippen LogP contribution in [-0.4, -0.2) is 31.1 Å². The summed E-state index contributed by atoms with van der Waals surface area (Å²) >= 11 is 0. The fourth-order valence-electron chi connectivity index (χ4n) is 2.02. The lowest BCUT2D eigenvalue weighted by atomic mass is 9.86. The predicted molar refractivity (Wildman–Crippen MR) is 66.5 cm³/mol. The molecule has 0 radical (unpaired) electrons. The molecule has 0 aromatic heterocycles. The average Bonchev–Trinajstić information content (AvgIpc) is 2.31. The van der Waals surface area contributed by atoms with Crippen molar-refractivity contribution in [1.29, 1.82) is 5.26 Å². The second kappa shape index (κ2) is 4.79. The van der Waals surface area contributed by atoms with Crippen LogP contribution >= 0.6 is 0 Å². The third-order valence-corrected chi connectivity index (χ3v) is 3.34. The first-order valence-corrected chi connectivity index (χ1v) is 5.88. The minimum absolute atomic E-state index is 0.153. The van der Waals surface area contributed by atoms with Gasteiger partial charge in [0.05, 0.1) is 19.3 Å². The Labute approximate surface area is 107 Å². The molecule has 1 saturated heterocycles. The Morgan fingerprint density at radius 1 is 1.50 bits per heavy atom. The number of aryl methyl sites for hydroxylation is 1. The molecule has 0 N–H and O–H groups in total. The summed E-state index contributed by atoms with van der Waals surface area (Å²) in [6.45, 7) is 2.95. The molecule has 4 heteroatoms. The van der Waals surface area contributed by atoms with Gasteiger partial charge in [-0.3, -0.25) is 4.79 Å². The third-order valence-electron chi connectivity index (χ3n) is 3.34. The van der Waals surface area contributed by atoms with Gasteiger partial charge in [-0.2, -0.15) is 5.26 Å². The van der Waals surface area contributed by atoms with E-state index < -0.39 is 5.41 Å². The zero-order chi connectivity index (χ0) is 13.2. The van der Waals surface area contributed by atoms with E-state index in [2.05, 4.69) is 6.07 Å². The molecular formula is C14H16N2O2. The summed E-state index contributed by atoms with van der Waals surface area (Å²) in [6, 6.07) is 10.0. The molecule has 18 heavy (non-hydrogen) atoms. The Morgan fingerprint density at radius 2 is 2.17 bits per heavy atom. The molecule has 0 aliphatic carbocycles. The number of benzene rings is 1. The van der Waals surface area contributed by atoms with Crippen LogP contribution in [0.4, 0.5) is 0 Å². The van der Waals surface area contributed by atoms with Crippen molar-refractivity contribution in [2.75, 3.05) is 20.3 Å². The zero-order valence-corrected chi connectivity index (χ0v) is 10.6. The number of hydrogen-bond acceptors (Lipinski definition) is 3. The van der Waals surface area contributed by atoms with E-state index in [1.165, 1.54) is 0 Å². The van der Waals surface area contributed by atoms with Crippen molar-refractivity contribution in [1.82, 2.24) is 4.90 Å². The van der Waals surface area contributed by atoms with Crippen LogP contribution in [0.25, 0.3) is 0 Å². The first-order chi connectivity index (χ1) is 8.59. The molecule has 1 amide bonds. The van der Waals surface area contributed by atoms with E-state index in [0.717, 1.165) is 11.1 Å². The largest absolute Gasteiger partial charge is 0.377 e. The van der Waals surface area contributed by atoms with Gasteiger partial charge in [-0.25, -0.2) is 0 Å². The standard InChI is InChI=1S/C14H16N2O2/c1-11-5-3-4-6-12(11)7-16(2)13(17)14(8-15)9-18-10-14/h3-6H,7,9-10H2,1-2H3. The third kappa shape index (κ3) is 2.09. The summed E-state index contributed by atoms with van der Waals surface area (Å²) in [5.41, 5.74) is 1.28. The van der Waals surface area contributed by atoms with Gasteiger partial charge in [0.25, 0.3) is 0 Å². The molecule has 0 unspecified atom stereocenters. The molecule has 1 heterocycles. The van der Waals surface area contributed by atoms with E-state index in [1.807, 2.05) is 31.2 Å². The first kappa shape index (κ1) is 12.6. The Bertz CT molecular complexity index is 501. The van der Waals surface area contributed by atoms with E-state index in [4.69, 9.17) is 10.00 Å². The molecule has 1 aliphatic heterocycles. The van der Waals surface area contributed by atoms with Crippen LogP contribution in [0, 0.1) is 23.7 Å². The molecule has 0 atom stereocenters. The Hall–Kier alpha value is -1.86. The molecule has 0 saturated carbocycles. The quantitative estimate of drug-likeness (QED) is 0.809. The van der Waals surface area contributed by atoms with Crippen LogP contribution in [0.3, 0.4) is 0 Å². The predicted octanol–water partition coefficient (Wildman–Crippen LogP) is 1.49. The van der Waals surface area contributed by atoms with Gasteiger partial charge in [-0.1, -0.05) is 24.3 Å². The fourth-order valence-corrected chi connectivity index (χ4v) is 2.02. The van der Waals surface area contributed by atoms with E-state index in [-0.39, 0.29) is 19.1 Å². The van der Waals surface area contributed by atoms with Crippen molar-refractivity contribution in [2.24, 2.45) is 5.41 Å². The summed E-state index contributed by atoms with van der Waals surface area (Å²) < 4.78 is 5.00. The van der Waals surface area contributed by atoms with E-state index in [1.54, 1.807) is 11.9 Å². The minimum Gasteiger partial charge on any atom is -0.377 e. The number of ether oxygens (including phenoxy) is 1. The number of carbonyl (C=O) groups excluding carboxylic acids is 1. The van der Waals surface area contributed by atoms with E-state index in [9.17, 15) is 4.79 Å². The molecule has 2 rings (SSSR count). The Kier molecular flexibility index (Phi) is 3.35. The summed E-state index contributed by atoms with van der Waals surface area (Å²) in [5, 5.41) is 9.10. The molecule has 1 aromatic rings. The highest BCUT2D eigenvalue weighted by Gasteiger charge is 2.48. The Balaban J connectivity index is 2.09. The van der Waals surface area contributed by atoms with Gasteiger partial charge in [0.15, 0.2) is 5.41 Å². The lowest BCUT2D eigenvalue weighted by molar-refractivity contribution is -0.160. The summed E-state index contributed by atoms with van der Waals surface area (Å²) in [5.74, 6) is -0.153. The second-order valence-corrected chi connectivity index (χ2v) is 4.77. The highest BCUT2D eigenvalue weighted by atomic mass is 16.5. The maximum absolute atomic E-state index is 12.2. The monoisotopic (exact) mass is 244 g/mol. The normalized spacial score (nSPS) is 16.5. The summed E-state index contributed by atoms with van der Waals surface area (Å²) in [6.07, 6.45) is 0. The van der Waals surface area contributed by atoms with Crippen molar-refractivity contribution >= 4 is 5.91 Å². The molecule has 1 aromatic carbocycles. The number of amides is 1. The molecule has 94 valence electrons. The lowest BCUT2D eigenvalue weighted by Crippen LogP contribution is -2.53. The molecule has 1 fully saturated rings. The van der Waals surface area contributed by atoms with Gasteiger partial charge in [-0.15, -0.1) is 0 Å². The SMILES string of the molecule is Cc1ccccc1CN(C)C(=O)C1(C#N)COC1. The molecule has 0 spiro atoms. The van der Waals surface area contributed by atoms with Gasteiger partial charge in [-0.05, 0) is 18.1 Å². The minimum atomic E-state index is -0.961. The molecule has 4 nitrogen and oxygen atoms in total. The van der Waals surface area contributed by atoms with Gasteiger partial charge in [0, 0.05) is 13.6 Å². The van der Waals surface area contributed by atoms with Crippen molar-refractivity contribution in [3.63, 3.8) is 0 Å². The van der Waals surface area contributed by atoms with E-state index in [0.29, 0.717) is 6.54 Å². The number of rotatable bonds is 3. The highest BCUT2D eigenvalue weighted by molar-refractivity contribution is 5.86. The van der Waals surface area contributed by atoms with Gasteiger partial charge >= 0.3 is 0 Å². The second-order valence-electron chi connectivity index (χ2n) is 4.77. The average molecular weight is 244 g/mol. The maximum Gasteiger partial charge on any atom is 0.247 e. The van der Waals surface area contributed by atoms with Crippen molar-refractivity contribution < 1.29 is 9.53 Å². The summed E-state index contributed by atoms with van der Waals surface area (Å²) in [4.78, 5) is 13.8. The van der Waals surface area contributed by atoms with Crippen molar-refractivity contribution in [3.8, 4) is 6.07 Å². The molecular weight excluding hydrogens is 228 g/mol. The zero-order valence-electron chi connectivity index (χ0n) is 10.6. The van der Waals surface area contributed by atoms with Crippen LogP contribution in [0.1, 0.15) is 11.1 Å². The van der Waals surface area contributed by atoms with Gasteiger partial charge < -0.3 is 9.64 Å². The van der Waals surface area contributed by atoms with Crippen molar-refractivity contribution in [3.05, 3.63) is 35.4 Å². The van der Waals surface area contributed by atoms with Gasteiger partial charge in [0.2, 0.25) is 5.91 Å². The molecule has 0 bridgehead atoms.